The molecule has 0 saturated carbocycles. The van der Waals surface area contributed by atoms with Gasteiger partial charge >= 0.3 is 12.1 Å². The second-order valence-electron chi connectivity index (χ2n) is 6.83. The molecule has 1 heterocycles. The minimum Gasteiger partial charge on any atom is -0.497 e. The molecular weight excluding hydrogens is 387 g/mol. The van der Waals surface area contributed by atoms with Gasteiger partial charge in [0.2, 0.25) is 0 Å². The lowest BCUT2D eigenvalue weighted by atomic mass is 9.91. The zero-order valence-corrected chi connectivity index (χ0v) is 16.1. The van der Waals surface area contributed by atoms with Crippen molar-refractivity contribution in [2.45, 2.75) is 31.1 Å². The molecule has 0 bridgehead atoms. The maximum absolute atomic E-state index is 13.8. The van der Waals surface area contributed by atoms with E-state index in [0.717, 1.165) is 6.07 Å². The summed E-state index contributed by atoms with van der Waals surface area (Å²) in [5.41, 5.74) is -0.339. The Labute approximate surface area is 166 Å². The Bertz CT molecular complexity index is 884. The lowest BCUT2D eigenvalue weighted by molar-refractivity contribution is -0.143. The van der Waals surface area contributed by atoms with Crippen molar-refractivity contribution in [1.29, 1.82) is 0 Å². The van der Waals surface area contributed by atoms with Gasteiger partial charge in [0.1, 0.15) is 17.5 Å². The largest absolute Gasteiger partial charge is 0.497 e. The van der Waals surface area contributed by atoms with Gasteiger partial charge in [-0.25, -0.2) is 0 Å². The predicted octanol–water partition coefficient (Wildman–Crippen LogP) is 4.36. The van der Waals surface area contributed by atoms with Crippen LogP contribution in [0.4, 0.5) is 13.2 Å². The summed E-state index contributed by atoms with van der Waals surface area (Å²) in [6.45, 7) is 0.364. The van der Waals surface area contributed by atoms with Crippen LogP contribution in [0, 0.1) is 0 Å². The summed E-state index contributed by atoms with van der Waals surface area (Å²) < 4.78 is 52.0. The van der Waals surface area contributed by atoms with Crippen LogP contribution >= 0.6 is 0 Å². The van der Waals surface area contributed by atoms with Gasteiger partial charge in [-0.05, 0) is 36.6 Å². The fraction of sp³-hybridized carbons (Fsp3) is 0.381. The van der Waals surface area contributed by atoms with Gasteiger partial charge in [0.05, 0.1) is 25.8 Å². The number of benzene rings is 2. The van der Waals surface area contributed by atoms with Crippen LogP contribution in [0.1, 0.15) is 35.6 Å². The molecule has 0 amide bonds. The van der Waals surface area contributed by atoms with E-state index in [0.29, 0.717) is 36.4 Å². The minimum atomic E-state index is -4.58. The van der Waals surface area contributed by atoms with Gasteiger partial charge in [0.15, 0.2) is 0 Å². The Morgan fingerprint density at radius 1 is 1.14 bits per heavy atom. The van der Waals surface area contributed by atoms with E-state index in [1.807, 2.05) is 0 Å². The fourth-order valence-corrected chi connectivity index (χ4v) is 3.93. The van der Waals surface area contributed by atoms with Gasteiger partial charge in [-0.15, -0.1) is 0 Å². The Balaban J connectivity index is 2.24. The van der Waals surface area contributed by atoms with E-state index in [1.54, 1.807) is 23.1 Å². The van der Waals surface area contributed by atoms with Crippen molar-refractivity contribution in [2.24, 2.45) is 0 Å². The fourth-order valence-electron chi connectivity index (χ4n) is 3.93. The lowest BCUT2D eigenvalue weighted by Gasteiger charge is -2.34. The lowest BCUT2D eigenvalue weighted by Crippen LogP contribution is -2.40. The quantitative estimate of drug-likeness (QED) is 0.768. The molecule has 2 aromatic carbocycles. The van der Waals surface area contributed by atoms with Gasteiger partial charge in [0.25, 0.3) is 0 Å². The molecule has 1 aliphatic rings. The van der Waals surface area contributed by atoms with Crippen molar-refractivity contribution in [3.05, 3.63) is 59.2 Å². The molecular formula is C21H22F3NO4. The number of hydrogen-bond donors (Lipinski definition) is 1. The van der Waals surface area contributed by atoms with Crippen molar-refractivity contribution in [3.63, 3.8) is 0 Å². The zero-order chi connectivity index (χ0) is 21.2. The third-order valence-corrected chi connectivity index (χ3v) is 5.21. The number of methoxy groups -OCH3 is 2. The topological polar surface area (TPSA) is 59.0 Å². The van der Waals surface area contributed by atoms with Crippen molar-refractivity contribution >= 4 is 5.97 Å². The number of alkyl halides is 3. The van der Waals surface area contributed by atoms with Crippen molar-refractivity contribution in [2.75, 3.05) is 20.8 Å². The Morgan fingerprint density at radius 3 is 2.48 bits per heavy atom. The summed E-state index contributed by atoms with van der Waals surface area (Å²) in [7, 11) is 2.90. The summed E-state index contributed by atoms with van der Waals surface area (Å²) >= 11 is 0. The highest BCUT2D eigenvalue weighted by Gasteiger charge is 2.42. The van der Waals surface area contributed by atoms with Crippen LogP contribution in [-0.4, -0.2) is 42.8 Å². The summed E-state index contributed by atoms with van der Waals surface area (Å²) in [6, 6.07) is 8.31. The van der Waals surface area contributed by atoms with Crippen LogP contribution in [0.15, 0.2) is 42.5 Å². The molecule has 1 saturated heterocycles. The first kappa shape index (κ1) is 21.0. The maximum Gasteiger partial charge on any atom is 0.416 e. The van der Waals surface area contributed by atoms with Crippen molar-refractivity contribution in [1.82, 2.24) is 4.90 Å². The predicted molar refractivity (Wildman–Crippen MR) is 100 cm³/mol. The number of nitrogens with zero attached hydrogens (tertiary/aromatic N) is 1. The van der Waals surface area contributed by atoms with E-state index < -0.39 is 29.8 Å². The van der Waals surface area contributed by atoms with E-state index in [2.05, 4.69) is 0 Å². The number of halogens is 3. The molecule has 2 atom stereocenters. The van der Waals surface area contributed by atoms with Crippen LogP contribution in [-0.2, 0) is 11.0 Å². The first-order valence-electron chi connectivity index (χ1n) is 9.14. The Morgan fingerprint density at radius 2 is 1.86 bits per heavy atom. The smallest absolute Gasteiger partial charge is 0.416 e. The molecule has 8 heteroatoms. The van der Waals surface area contributed by atoms with Gasteiger partial charge in [-0.2, -0.15) is 13.2 Å². The molecule has 3 rings (SSSR count). The van der Waals surface area contributed by atoms with Crippen LogP contribution in [0.25, 0.3) is 0 Å². The Kier molecular flexibility index (Phi) is 6.02. The number of likely N-dealkylation sites (tertiary alicyclic amines) is 1. The minimum absolute atomic E-state index is 0.00313. The van der Waals surface area contributed by atoms with Gasteiger partial charge < -0.3 is 14.6 Å². The summed E-state index contributed by atoms with van der Waals surface area (Å²) in [5.74, 6) is -0.225. The number of carboxylic acid groups (broad SMARTS) is 1. The number of rotatable bonds is 6. The molecule has 1 fully saturated rings. The van der Waals surface area contributed by atoms with Crippen LogP contribution in [0.2, 0.25) is 0 Å². The molecule has 0 aliphatic carbocycles. The molecule has 2 unspecified atom stereocenters. The third kappa shape index (κ3) is 4.17. The van der Waals surface area contributed by atoms with Crippen molar-refractivity contribution in [3.8, 4) is 11.5 Å². The van der Waals surface area contributed by atoms with Gasteiger partial charge in [0, 0.05) is 18.2 Å². The molecule has 156 valence electrons. The number of carboxylic acids is 1. The molecule has 5 nitrogen and oxygen atoms in total. The molecule has 0 spiro atoms. The van der Waals surface area contributed by atoms with Gasteiger partial charge in [-0.1, -0.05) is 18.2 Å². The second kappa shape index (κ2) is 8.32. The zero-order valence-electron chi connectivity index (χ0n) is 16.1. The highest BCUT2D eigenvalue weighted by atomic mass is 19.4. The summed E-state index contributed by atoms with van der Waals surface area (Å²) in [4.78, 5) is 13.4. The number of aliphatic carboxylic acids is 1. The summed E-state index contributed by atoms with van der Waals surface area (Å²) in [5, 5.41) is 9.65. The maximum atomic E-state index is 13.8. The highest BCUT2D eigenvalue weighted by Crippen LogP contribution is 2.44. The van der Waals surface area contributed by atoms with E-state index in [1.165, 1.54) is 32.4 Å². The standard InChI is InChI=1S/C21H22F3NO4/c1-28-13-9-10-15(18(12-13)29-2)19(25-11-5-8-17(25)20(26)27)14-6-3-4-7-16(14)21(22,23)24/h3-4,6-7,9-10,12,17,19H,5,8,11H2,1-2H3,(H,26,27). The van der Waals surface area contributed by atoms with E-state index in [9.17, 15) is 23.1 Å². The van der Waals surface area contributed by atoms with Crippen molar-refractivity contribution < 1.29 is 32.5 Å². The second-order valence-corrected chi connectivity index (χ2v) is 6.83. The molecule has 29 heavy (non-hydrogen) atoms. The number of hydrogen-bond acceptors (Lipinski definition) is 4. The monoisotopic (exact) mass is 409 g/mol. The number of carbonyl (C=O) groups is 1. The molecule has 2 aromatic rings. The Hall–Kier alpha value is -2.74. The normalized spacial score (nSPS) is 18.4. The molecule has 1 aliphatic heterocycles. The molecule has 1 N–H and O–H groups in total. The molecule has 0 aromatic heterocycles. The SMILES string of the molecule is COc1ccc(C(c2ccccc2C(F)(F)F)N2CCCC2C(=O)O)c(OC)c1. The van der Waals surface area contributed by atoms with E-state index in [-0.39, 0.29) is 5.56 Å². The summed E-state index contributed by atoms with van der Waals surface area (Å²) in [6.07, 6.45) is -3.62. The first-order valence-corrected chi connectivity index (χ1v) is 9.14. The van der Waals surface area contributed by atoms with Crippen LogP contribution in [0.5, 0.6) is 11.5 Å². The average molecular weight is 409 g/mol. The highest BCUT2D eigenvalue weighted by molar-refractivity contribution is 5.74. The molecule has 0 radical (unpaired) electrons. The third-order valence-electron chi connectivity index (χ3n) is 5.21. The number of ether oxygens (including phenoxy) is 2. The van der Waals surface area contributed by atoms with Gasteiger partial charge in [-0.3, -0.25) is 9.69 Å². The average Bonchev–Trinajstić information content (AvgIpc) is 3.17. The van der Waals surface area contributed by atoms with Crippen LogP contribution in [0.3, 0.4) is 0 Å². The first-order chi connectivity index (χ1) is 13.8. The van der Waals surface area contributed by atoms with Crippen LogP contribution < -0.4 is 9.47 Å². The van der Waals surface area contributed by atoms with E-state index in [4.69, 9.17) is 9.47 Å². The van der Waals surface area contributed by atoms with E-state index >= 15 is 0 Å².